The van der Waals surface area contributed by atoms with E-state index in [1.165, 1.54) is 115 Å². The monoisotopic (exact) mass is 725 g/mol. The van der Waals surface area contributed by atoms with Gasteiger partial charge in [-0.1, -0.05) is 109 Å². The van der Waals surface area contributed by atoms with Crippen LogP contribution in [0.2, 0.25) is 0 Å². The molecule has 3 aliphatic heterocycles. The first-order valence-electron chi connectivity index (χ1n) is 20.8. The van der Waals surface area contributed by atoms with E-state index in [-0.39, 0.29) is 0 Å². The van der Waals surface area contributed by atoms with E-state index in [4.69, 9.17) is 4.98 Å². The summed E-state index contributed by atoms with van der Waals surface area (Å²) in [5, 5.41) is 0. The van der Waals surface area contributed by atoms with E-state index in [1.807, 2.05) is 0 Å². The molecule has 0 atom stereocenters. The van der Waals surface area contributed by atoms with Crippen molar-refractivity contribution in [1.29, 1.82) is 0 Å². The van der Waals surface area contributed by atoms with Crippen LogP contribution in [-0.2, 0) is 11.1 Å². The van der Waals surface area contributed by atoms with Crippen LogP contribution in [0.15, 0.2) is 163 Å². The number of fused-ring (bicyclic) bond motifs is 28. The number of pyridine rings is 1. The Labute approximate surface area is 328 Å². The van der Waals surface area contributed by atoms with Gasteiger partial charge in [-0.3, -0.25) is 4.98 Å². The molecule has 8 bridgehead atoms. The Bertz CT molecular complexity index is 2530. The van der Waals surface area contributed by atoms with Gasteiger partial charge < -0.3 is 19.6 Å². The quantitative estimate of drug-likeness (QED) is 0.155. The van der Waals surface area contributed by atoms with Crippen LogP contribution < -0.4 is 9.80 Å². The van der Waals surface area contributed by atoms with E-state index in [0.29, 0.717) is 0 Å². The van der Waals surface area contributed by atoms with Gasteiger partial charge in [0.25, 0.3) is 0 Å². The van der Waals surface area contributed by atoms with Gasteiger partial charge in [0.1, 0.15) is 0 Å². The third-order valence-corrected chi connectivity index (χ3v) is 14.4. The van der Waals surface area contributed by atoms with E-state index in [0.717, 1.165) is 39.0 Å². The molecule has 5 nitrogen and oxygen atoms in total. The van der Waals surface area contributed by atoms with Crippen LogP contribution >= 0.6 is 0 Å². The van der Waals surface area contributed by atoms with Crippen molar-refractivity contribution >= 4 is 11.4 Å². The summed E-state index contributed by atoms with van der Waals surface area (Å²) >= 11 is 0. The van der Waals surface area contributed by atoms with Crippen molar-refractivity contribution in [2.24, 2.45) is 0 Å². The lowest BCUT2D eigenvalue weighted by Gasteiger charge is -2.51. The highest BCUT2D eigenvalue weighted by atomic mass is 15.5. The number of anilines is 2. The molecule has 1 aromatic heterocycles. The molecule has 272 valence electrons. The van der Waals surface area contributed by atoms with E-state index in [2.05, 4.69) is 159 Å². The Morgan fingerprint density at radius 3 is 1.45 bits per heavy atom. The van der Waals surface area contributed by atoms with Crippen molar-refractivity contribution in [3.8, 4) is 22.3 Å². The predicted octanol–water partition coefficient (Wildman–Crippen LogP) is 11.1. The molecule has 0 fully saturated rings. The van der Waals surface area contributed by atoms with E-state index < -0.39 is 11.1 Å². The SMILES string of the molecule is c1cc2cc(c1)C1(c3cncc(c3)N3CN(C4=C3CCCC4)C3(c4ccccc4-c4ccccc43)N3CN2C2=C3CCCC2)c2ccccc2-c2ccccc21. The van der Waals surface area contributed by atoms with E-state index in [9.17, 15) is 0 Å². The van der Waals surface area contributed by atoms with Crippen molar-refractivity contribution < 1.29 is 0 Å². The molecule has 0 amide bonds. The number of hydrogen-bond acceptors (Lipinski definition) is 5. The second-order valence-corrected chi connectivity index (χ2v) is 16.8. The topological polar surface area (TPSA) is 25.9 Å². The van der Waals surface area contributed by atoms with Gasteiger partial charge in [-0.15, -0.1) is 0 Å². The van der Waals surface area contributed by atoms with Crippen LogP contribution in [0.1, 0.15) is 84.7 Å². The summed E-state index contributed by atoms with van der Waals surface area (Å²) in [5.74, 6) is 0. The Kier molecular flexibility index (Phi) is 6.26. The molecule has 7 aliphatic rings. The van der Waals surface area contributed by atoms with Gasteiger partial charge in [-0.25, -0.2) is 0 Å². The normalized spacial score (nSPS) is 20.1. The van der Waals surface area contributed by atoms with Crippen molar-refractivity contribution in [3.63, 3.8) is 0 Å². The number of allylic oxidation sites excluding steroid dienone is 4. The molecule has 0 radical (unpaired) electrons. The molecule has 0 saturated carbocycles. The maximum atomic E-state index is 5.19. The number of benzene rings is 5. The molecular formula is C51H43N5. The minimum atomic E-state index is -0.521. The van der Waals surface area contributed by atoms with Gasteiger partial charge in [-0.2, -0.15) is 0 Å². The molecule has 4 heterocycles. The first-order valence-corrected chi connectivity index (χ1v) is 20.8. The Morgan fingerprint density at radius 1 is 0.411 bits per heavy atom. The van der Waals surface area contributed by atoms with Crippen LogP contribution in [0, 0.1) is 0 Å². The zero-order valence-electron chi connectivity index (χ0n) is 31.6. The summed E-state index contributed by atoms with van der Waals surface area (Å²) in [6, 6.07) is 49.0. The van der Waals surface area contributed by atoms with Crippen molar-refractivity contribution in [3.05, 3.63) is 196 Å². The fraction of sp³-hybridized carbons (Fsp3) is 0.235. The Morgan fingerprint density at radius 2 is 0.875 bits per heavy atom. The number of aromatic nitrogens is 1. The molecule has 5 aromatic carbocycles. The maximum Gasteiger partial charge on any atom is 0.170 e. The molecule has 0 unspecified atom stereocenters. The molecule has 5 heteroatoms. The molecule has 6 aromatic rings. The molecular weight excluding hydrogens is 683 g/mol. The number of hydrogen-bond donors (Lipinski definition) is 0. The molecule has 13 rings (SSSR count). The van der Waals surface area contributed by atoms with Crippen LogP contribution in [0.3, 0.4) is 0 Å². The summed E-state index contributed by atoms with van der Waals surface area (Å²) in [6.45, 7) is 1.59. The van der Waals surface area contributed by atoms with Crippen LogP contribution in [0.25, 0.3) is 22.3 Å². The molecule has 0 saturated heterocycles. The first-order chi connectivity index (χ1) is 27.8. The second kappa shape index (κ2) is 11.3. The summed E-state index contributed by atoms with van der Waals surface area (Å²) in [7, 11) is 0. The van der Waals surface area contributed by atoms with Crippen LogP contribution in [0.4, 0.5) is 11.4 Å². The highest BCUT2D eigenvalue weighted by Gasteiger charge is 2.58. The maximum absolute atomic E-state index is 5.19. The average molecular weight is 726 g/mol. The summed E-state index contributed by atoms with van der Waals surface area (Å²) in [4.78, 5) is 16.3. The number of nitrogens with zero attached hydrogens (tertiary/aromatic N) is 5. The lowest BCUT2D eigenvalue weighted by Crippen LogP contribution is -2.57. The molecule has 2 spiro atoms. The average Bonchev–Trinajstić information content (AvgIpc) is 4.01. The third-order valence-electron chi connectivity index (χ3n) is 14.4. The van der Waals surface area contributed by atoms with E-state index >= 15 is 0 Å². The molecule has 0 N–H and O–H groups in total. The Balaban J connectivity index is 1.15. The first kappa shape index (κ1) is 31.2. The highest BCUT2D eigenvalue weighted by molar-refractivity contribution is 5.87. The van der Waals surface area contributed by atoms with Crippen molar-refractivity contribution in [1.82, 2.24) is 14.8 Å². The van der Waals surface area contributed by atoms with Gasteiger partial charge in [-0.05, 0) is 114 Å². The van der Waals surface area contributed by atoms with Crippen LogP contribution in [-0.4, -0.2) is 28.1 Å². The largest absolute Gasteiger partial charge is 0.325 e. The zero-order valence-corrected chi connectivity index (χ0v) is 31.6. The van der Waals surface area contributed by atoms with Gasteiger partial charge in [0.15, 0.2) is 5.66 Å². The zero-order chi connectivity index (χ0) is 36.6. The minimum Gasteiger partial charge on any atom is -0.325 e. The van der Waals surface area contributed by atoms with Gasteiger partial charge in [0.05, 0.1) is 30.6 Å². The van der Waals surface area contributed by atoms with Gasteiger partial charge in [0, 0.05) is 45.8 Å². The second-order valence-electron chi connectivity index (χ2n) is 16.8. The minimum absolute atomic E-state index is 0.496. The highest BCUT2D eigenvalue weighted by Crippen LogP contribution is 2.61. The lowest BCUT2D eigenvalue weighted by molar-refractivity contribution is 0.0264. The standard InChI is InChI=1S/C51H43N5/c1-5-20-42-38(16-1)39-17-2-6-21-43(39)50(42)34-14-13-15-36(28-34)53-32-55(48-26-11-9-24-46(48)53)51(44-22-7-3-18-40(44)41-19-4-8-23-45(41)51)56-33-54(37-29-35(50)30-52-31-37)47-25-10-12-27-49(47)56/h1-8,13-23,28-31H,9-12,24-27,32-33H2. The van der Waals surface area contributed by atoms with E-state index in [1.54, 1.807) is 0 Å². The summed E-state index contributed by atoms with van der Waals surface area (Å²) in [5.41, 5.74) is 20.8. The smallest absolute Gasteiger partial charge is 0.170 e. The summed E-state index contributed by atoms with van der Waals surface area (Å²) < 4.78 is 0. The van der Waals surface area contributed by atoms with Crippen molar-refractivity contribution in [2.75, 3.05) is 23.1 Å². The van der Waals surface area contributed by atoms with Gasteiger partial charge in [0.2, 0.25) is 0 Å². The fourth-order valence-electron chi connectivity index (χ4n) is 12.2. The fourth-order valence-corrected chi connectivity index (χ4v) is 12.2. The Hall–Kier alpha value is -6.07. The molecule has 56 heavy (non-hydrogen) atoms. The van der Waals surface area contributed by atoms with Crippen molar-refractivity contribution in [2.45, 2.75) is 62.4 Å². The number of rotatable bonds is 0. The summed E-state index contributed by atoms with van der Waals surface area (Å²) in [6.07, 6.45) is 13.5. The lowest BCUT2D eigenvalue weighted by atomic mass is 9.68. The predicted molar refractivity (Wildman–Crippen MR) is 224 cm³/mol. The van der Waals surface area contributed by atoms with Gasteiger partial charge >= 0.3 is 0 Å². The third kappa shape index (κ3) is 3.74. The molecule has 4 aliphatic carbocycles. The van der Waals surface area contributed by atoms with Crippen LogP contribution in [0.5, 0.6) is 0 Å².